The summed E-state index contributed by atoms with van der Waals surface area (Å²) in [6, 6.07) is 52.9. The monoisotopic (exact) mass is 1010 g/mol. The predicted octanol–water partition coefficient (Wildman–Crippen LogP) is 11.6. The zero-order valence-corrected chi connectivity index (χ0v) is 41.9. The van der Waals surface area contributed by atoms with E-state index in [1.165, 1.54) is 0 Å². The molecule has 0 aromatic heterocycles. The van der Waals surface area contributed by atoms with Gasteiger partial charge in [0.15, 0.2) is 0 Å². The minimum absolute atomic E-state index is 0.0433. The first-order chi connectivity index (χ1) is 37.9. The average Bonchev–Trinajstić information content (AvgIpc) is 4.20. The van der Waals surface area contributed by atoms with Crippen LogP contribution in [0.3, 0.4) is 0 Å². The van der Waals surface area contributed by atoms with Gasteiger partial charge in [-0.25, -0.2) is 19.2 Å². The minimum Gasteiger partial charge on any atom is -0.462 e. The van der Waals surface area contributed by atoms with Gasteiger partial charge in [0.1, 0.15) is 36.1 Å². The molecule has 0 radical (unpaired) electrons. The van der Waals surface area contributed by atoms with E-state index in [2.05, 4.69) is 0 Å². The third-order valence-electron chi connectivity index (χ3n) is 13.9. The molecule has 0 unspecified atom stereocenters. The lowest BCUT2D eigenvalue weighted by atomic mass is 9.99. The number of ether oxygens (including phenoxy) is 5. The van der Waals surface area contributed by atoms with Crippen molar-refractivity contribution in [2.45, 2.75) is 13.8 Å². The highest BCUT2D eigenvalue weighted by atomic mass is 16.6. The van der Waals surface area contributed by atoms with Crippen LogP contribution in [0.15, 0.2) is 190 Å². The topological polar surface area (TPSA) is 164 Å². The van der Waals surface area contributed by atoms with Crippen LogP contribution in [0.2, 0.25) is 0 Å². The average molecular weight is 1020 g/mol. The van der Waals surface area contributed by atoms with Crippen molar-refractivity contribution in [1.29, 1.82) is 0 Å². The van der Waals surface area contributed by atoms with Crippen LogP contribution < -0.4 is 0 Å². The van der Waals surface area contributed by atoms with Gasteiger partial charge < -0.3 is 23.7 Å². The number of carbonyl (C=O) groups excluding carboxylic acids is 4. The normalized spacial score (nSPS) is 14.8. The Kier molecular flexibility index (Phi) is 12.9. The van der Waals surface area contributed by atoms with E-state index >= 15 is 0 Å². The molecule has 13 heteroatoms. The Morgan fingerprint density at radius 2 is 0.519 bits per heavy atom. The van der Waals surface area contributed by atoms with Gasteiger partial charge in [-0.2, -0.15) is 0 Å². The van der Waals surface area contributed by atoms with Crippen LogP contribution in [-0.4, -0.2) is 86.4 Å². The molecule has 4 aliphatic carbocycles. The zero-order valence-electron chi connectivity index (χ0n) is 41.9. The van der Waals surface area contributed by atoms with E-state index in [0.29, 0.717) is 56.2 Å². The number of hydrogen-bond acceptors (Lipinski definition) is 13. The number of esters is 4. The summed E-state index contributed by atoms with van der Waals surface area (Å²) in [5, 5.41) is 19.4. The van der Waals surface area contributed by atoms with Crippen LogP contribution in [0.1, 0.15) is 99.8 Å². The molecule has 0 saturated carbocycles. The first-order valence-corrected chi connectivity index (χ1v) is 25.4. The highest BCUT2D eigenvalue weighted by Crippen LogP contribution is 2.44. The Labute approximate surface area is 442 Å². The largest absolute Gasteiger partial charge is 0.462 e. The number of hydrogen-bond donors (Lipinski definition) is 0. The highest BCUT2D eigenvalue weighted by Gasteiger charge is 2.35. The lowest BCUT2D eigenvalue weighted by molar-refractivity contribution is 0.0151. The lowest BCUT2D eigenvalue weighted by Gasteiger charge is -2.11. The van der Waals surface area contributed by atoms with Gasteiger partial charge in [0.25, 0.3) is 0 Å². The molecule has 0 amide bonds. The summed E-state index contributed by atoms with van der Waals surface area (Å²) in [6.07, 6.45) is 0. The van der Waals surface area contributed by atoms with Crippen LogP contribution in [0.4, 0.5) is 0 Å². The maximum Gasteiger partial charge on any atom is 0.338 e. The molecule has 0 aliphatic heterocycles. The Hall–Kier alpha value is -9.72. The van der Waals surface area contributed by atoms with Crippen molar-refractivity contribution < 1.29 is 42.9 Å². The minimum atomic E-state index is -0.530. The van der Waals surface area contributed by atoms with Gasteiger partial charge >= 0.3 is 23.9 Å². The van der Waals surface area contributed by atoms with Crippen molar-refractivity contribution >= 4 is 46.7 Å². The van der Waals surface area contributed by atoms with Crippen molar-refractivity contribution in [2.24, 2.45) is 20.4 Å². The van der Waals surface area contributed by atoms with Crippen LogP contribution in [0.5, 0.6) is 0 Å². The molecule has 77 heavy (non-hydrogen) atoms. The molecule has 0 saturated heterocycles. The van der Waals surface area contributed by atoms with Crippen LogP contribution in [0.25, 0.3) is 44.5 Å². The van der Waals surface area contributed by atoms with Crippen LogP contribution in [0, 0.1) is 0 Å². The van der Waals surface area contributed by atoms with Crippen molar-refractivity contribution in [3.05, 3.63) is 237 Å². The summed E-state index contributed by atoms with van der Waals surface area (Å²) in [4.78, 5) is 53.7. The van der Waals surface area contributed by atoms with E-state index in [1.807, 2.05) is 133 Å². The number of fused-ring (bicyclic) bond motifs is 12. The summed E-state index contributed by atoms with van der Waals surface area (Å²) in [5.41, 5.74) is 16.7. The molecule has 0 bridgehead atoms. The molecule has 0 fully saturated rings. The van der Waals surface area contributed by atoms with E-state index in [-0.39, 0.29) is 39.6 Å². The third-order valence-corrected chi connectivity index (χ3v) is 13.9. The summed E-state index contributed by atoms with van der Waals surface area (Å²) in [5.74, 6) is -1.87. The molecule has 0 heterocycles. The predicted molar refractivity (Wildman–Crippen MR) is 293 cm³/mol. The quantitative estimate of drug-likeness (QED) is 0.0446. The van der Waals surface area contributed by atoms with E-state index in [9.17, 15) is 19.2 Å². The van der Waals surface area contributed by atoms with Gasteiger partial charge in [-0.1, -0.05) is 146 Å². The zero-order chi connectivity index (χ0) is 52.6. The van der Waals surface area contributed by atoms with Gasteiger partial charge in [0.2, 0.25) is 0 Å². The lowest BCUT2D eigenvalue weighted by Crippen LogP contribution is -2.15. The molecule has 4 aliphatic rings. The fourth-order valence-corrected chi connectivity index (χ4v) is 10.7. The summed E-state index contributed by atoms with van der Waals surface area (Å²) in [6.45, 7) is 4.11. The number of carbonyl (C=O) groups is 4. The second kappa shape index (κ2) is 20.5. The fraction of sp³-hybridized carbons (Fsp3) is 0.125. The molecule has 8 aromatic carbocycles. The summed E-state index contributed by atoms with van der Waals surface area (Å²) < 4.78 is 28.1. The Balaban J connectivity index is 0.716. The van der Waals surface area contributed by atoms with E-state index in [1.54, 1.807) is 50.2 Å². The SMILES string of the molecule is CCOC(=O)c1cccc2c1-c1ccccc1/C2=N\N=C1/c2ccccc2-c2c(C(=O)OCCOCCOC(=O)c3cccc4c3-c3ccccc3/C4=N\N=C3/c4ccccc4-c4c(C(=O)OCC)cccc43)cccc21. The van der Waals surface area contributed by atoms with Crippen LogP contribution >= 0.6 is 0 Å². The highest BCUT2D eigenvalue weighted by molar-refractivity contribution is 6.31. The molecule has 0 N–H and O–H groups in total. The molecular weight excluding hydrogens is 969 g/mol. The number of rotatable bonds is 14. The molecule has 13 nitrogen and oxygen atoms in total. The molecule has 0 spiro atoms. The fourth-order valence-electron chi connectivity index (χ4n) is 10.7. The first kappa shape index (κ1) is 48.2. The van der Waals surface area contributed by atoms with Gasteiger partial charge in [-0.05, 0) is 60.4 Å². The Bertz CT molecular complexity index is 3670. The smallest absolute Gasteiger partial charge is 0.338 e. The number of nitrogens with zero attached hydrogens (tertiary/aromatic N) is 4. The van der Waals surface area contributed by atoms with E-state index < -0.39 is 23.9 Å². The number of benzene rings is 8. The molecule has 8 aromatic rings. The van der Waals surface area contributed by atoms with Gasteiger partial charge in [0, 0.05) is 66.8 Å². The van der Waals surface area contributed by atoms with E-state index in [0.717, 1.165) is 77.9 Å². The standard InChI is InChI=1S/C64H46N4O9/c1-3-74-61(69)49-29-13-25-45-53(49)37-17-5-9-21-41(37)57(45)65-67-59-43-23-11-7-19-39(43)55-47(59)27-15-31-51(55)63(71)76-35-33-73-34-36-77-64(72)52-32-16-28-48-56(52)40-20-8-12-24-44(40)60(48)68-66-58-42-22-10-6-18-38(42)54-46(58)26-14-30-50(54)62(70)75-4-2/h5-32H,3-4,33-36H2,1-2H3/b65-57+,66-58+,67-59+,68-60+. The third kappa shape index (κ3) is 8.43. The van der Waals surface area contributed by atoms with Crippen LogP contribution in [-0.2, 0) is 23.7 Å². The maximum atomic E-state index is 13.8. The van der Waals surface area contributed by atoms with Gasteiger partial charge in [-0.15, -0.1) is 20.4 Å². The summed E-state index contributed by atoms with van der Waals surface area (Å²) in [7, 11) is 0. The summed E-state index contributed by atoms with van der Waals surface area (Å²) >= 11 is 0. The molecular formula is C64H46N4O9. The van der Waals surface area contributed by atoms with E-state index in [4.69, 9.17) is 44.1 Å². The second-order valence-corrected chi connectivity index (χ2v) is 18.2. The molecule has 12 rings (SSSR count). The maximum absolute atomic E-state index is 13.8. The van der Waals surface area contributed by atoms with Gasteiger partial charge in [0.05, 0.1) is 48.7 Å². The first-order valence-electron chi connectivity index (χ1n) is 25.4. The van der Waals surface area contributed by atoms with Gasteiger partial charge in [-0.3, -0.25) is 0 Å². The van der Waals surface area contributed by atoms with Crippen molar-refractivity contribution in [1.82, 2.24) is 0 Å². The Morgan fingerprint density at radius 1 is 0.286 bits per heavy atom. The Morgan fingerprint density at radius 3 is 0.779 bits per heavy atom. The molecule has 0 atom stereocenters. The van der Waals surface area contributed by atoms with Crippen molar-refractivity contribution in [2.75, 3.05) is 39.6 Å². The molecule has 376 valence electrons. The second-order valence-electron chi connectivity index (χ2n) is 18.2. The van der Waals surface area contributed by atoms with Crippen molar-refractivity contribution in [3.8, 4) is 44.5 Å². The van der Waals surface area contributed by atoms with Crippen molar-refractivity contribution in [3.63, 3.8) is 0 Å².